The Balaban J connectivity index is 1.53. The van der Waals surface area contributed by atoms with Crippen molar-refractivity contribution < 1.29 is 23.6 Å². The van der Waals surface area contributed by atoms with Crippen LogP contribution in [0.2, 0.25) is 0 Å². The number of hydrogen-bond donors (Lipinski definition) is 3. The summed E-state index contributed by atoms with van der Waals surface area (Å²) in [5.41, 5.74) is -0.451. The van der Waals surface area contributed by atoms with E-state index < -0.39 is 29.2 Å². The Morgan fingerprint density at radius 1 is 1.02 bits per heavy atom. The van der Waals surface area contributed by atoms with Gasteiger partial charge in [-0.05, 0) is 70.3 Å². The second kappa shape index (κ2) is 15.7. The van der Waals surface area contributed by atoms with Gasteiger partial charge in [-0.15, -0.1) is 0 Å². The average molecular weight is 640 g/mol. The van der Waals surface area contributed by atoms with Crippen LogP contribution >= 0.6 is 0 Å². The first kappa shape index (κ1) is 35.1. The van der Waals surface area contributed by atoms with Crippen LogP contribution in [-0.4, -0.2) is 88.0 Å². The number of nitrogens with one attached hydrogen (secondary N) is 3. The van der Waals surface area contributed by atoms with E-state index in [-0.39, 0.29) is 42.3 Å². The maximum atomic E-state index is 15.6. The van der Waals surface area contributed by atoms with E-state index in [1.807, 2.05) is 20.9 Å². The first-order valence-corrected chi connectivity index (χ1v) is 16.7. The summed E-state index contributed by atoms with van der Waals surface area (Å²) >= 11 is 0. The van der Waals surface area contributed by atoms with Crippen molar-refractivity contribution >= 4 is 29.3 Å². The van der Waals surface area contributed by atoms with E-state index >= 15 is 4.39 Å². The Labute approximate surface area is 271 Å². The first-order valence-electron chi connectivity index (χ1n) is 16.7. The van der Waals surface area contributed by atoms with Gasteiger partial charge in [0.25, 0.3) is 5.91 Å². The molecule has 0 radical (unpaired) electrons. The topological polar surface area (TPSA) is 129 Å². The van der Waals surface area contributed by atoms with Crippen LogP contribution in [0.4, 0.5) is 10.1 Å². The molecule has 2 heterocycles. The molecule has 1 aromatic carbocycles. The maximum absolute atomic E-state index is 15.6. The van der Waals surface area contributed by atoms with E-state index in [2.05, 4.69) is 25.9 Å². The standard InChI is InChI=1S/C34H50FN7O4/c1-6-30(43)37-28(32(45)41-19-17-40(5)18-20-41)22-24-13-14-27(26(35)21-24)38-33(46)34(4,25-11-9-7-8-10-12-25)39-31(44)29-15-16-36-42(29)23(2)3/h13-16,21,23,25,28H,6-12,17-20,22H2,1-5H3,(H,37,43)(H,38,46)(H,39,44)/t28-,34-/m1/s1. The molecular formula is C34H50FN7O4. The summed E-state index contributed by atoms with van der Waals surface area (Å²) in [6.07, 6.45) is 7.44. The number of halogens is 1. The van der Waals surface area contributed by atoms with E-state index in [0.717, 1.165) is 51.6 Å². The summed E-state index contributed by atoms with van der Waals surface area (Å²) in [5, 5.41) is 12.8. The van der Waals surface area contributed by atoms with Crippen molar-refractivity contribution in [2.24, 2.45) is 5.92 Å². The molecular weight excluding hydrogens is 589 g/mol. The van der Waals surface area contributed by atoms with Crippen LogP contribution in [-0.2, 0) is 20.8 Å². The van der Waals surface area contributed by atoms with Crippen LogP contribution in [0.15, 0.2) is 30.5 Å². The maximum Gasteiger partial charge on any atom is 0.270 e. The quantitative estimate of drug-likeness (QED) is 0.320. The summed E-state index contributed by atoms with van der Waals surface area (Å²) in [5.74, 6) is -2.15. The number of benzene rings is 1. The molecule has 4 rings (SSSR count). The number of amides is 4. The van der Waals surface area contributed by atoms with Crippen molar-refractivity contribution in [3.05, 3.63) is 47.5 Å². The molecule has 3 N–H and O–H groups in total. The van der Waals surface area contributed by atoms with Gasteiger partial charge >= 0.3 is 0 Å². The van der Waals surface area contributed by atoms with E-state index in [0.29, 0.717) is 24.3 Å². The molecule has 46 heavy (non-hydrogen) atoms. The summed E-state index contributed by atoms with van der Waals surface area (Å²) in [6.45, 7) is 9.89. The van der Waals surface area contributed by atoms with Crippen LogP contribution in [0.3, 0.4) is 0 Å². The van der Waals surface area contributed by atoms with Crippen molar-refractivity contribution in [2.75, 3.05) is 38.5 Å². The molecule has 1 saturated carbocycles. The van der Waals surface area contributed by atoms with Crippen LogP contribution in [0, 0.1) is 11.7 Å². The van der Waals surface area contributed by atoms with Gasteiger partial charge in [0, 0.05) is 51.3 Å². The molecule has 11 nitrogen and oxygen atoms in total. The van der Waals surface area contributed by atoms with E-state index in [1.54, 1.807) is 41.8 Å². The van der Waals surface area contributed by atoms with Crippen molar-refractivity contribution in [2.45, 2.75) is 96.7 Å². The van der Waals surface area contributed by atoms with Gasteiger partial charge in [0.2, 0.25) is 17.7 Å². The number of aromatic nitrogens is 2. The largest absolute Gasteiger partial charge is 0.344 e. The van der Waals surface area contributed by atoms with Crippen LogP contribution in [0.25, 0.3) is 0 Å². The predicted molar refractivity (Wildman–Crippen MR) is 175 cm³/mol. The van der Waals surface area contributed by atoms with Gasteiger partial charge in [-0.3, -0.25) is 23.9 Å². The molecule has 0 bridgehead atoms. The predicted octanol–water partition coefficient (Wildman–Crippen LogP) is 3.91. The van der Waals surface area contributed by atoms with E-state index in [4.69, 9.17) is 0 Å². The number of carbonyl (C=O) groups is 4. The lowest BCUT2D eigenvalue weighted by Gasteiger charge is -2.37. The highest BCUT2D eigenvalue weighted by Crippen LogP contribution is 2.33. The van der Waals surface area contributed by atoms with Crippen molar-refractivity contribution in [3.63, 3.8) is 0 Å². The lowest BCUT2D eigenvalue weighted by molar-refractivity contribution is -0.137. The molecule has 2 aliphatic rings. The van der Waals surface area contributed by atoms with Gasteiger partial charge in [0.05, 0.1) is 5.69 Å². The van der Waals surface area contributed by atoms with Gasteiger partial charge in [-0.25, -0.2) is 4.39 Å². The SMILES string of the molecule is CCC(=O)N[C@H](Cc1ccc(NC(=O)[C@](C)(NC(=O)c2ccnn2C(C)C)C2CCCCCC2)c(F)c1)C(=O)N1CCN(C)CC1. The monoisotopic (exact) mass is 639 g/mol. The molecule has 0 unspecified atom stereocenters. The number of likely N-dealkylation sites (N-methyl/N-ethyl adjacent to an activating group) is 1. The Morgan fingerprint density at radius 3 is 2.30 bits per heavy atom. The highest BCUT2D eigenvalue weighted by Gasteiger charge is 2.43. The summed E-state index contributed by atoms with van der Waals surface area (Å²) < 4.78 is 17.2. The zero-order valence-electron chi connectivity index (χ0n) is 27.9. The van der Waals surface area contributed by atoms with E-state index in [1.165, 1.54) is 12.1 Å². The molecule has 2 fully saturated rings. The number of rotatable bonds is 11. The van der Waals surface area contributed by atoms with Crippen molar-refractivity contribution in [1.82, 2.24) is 30.2 Å². The second-order valence-corrected chi connectivity index (χ2v) is 13.2. The third kappa shape index (κ3) is 8.51. The van der Waals surface area contributed by atoms with Crippen LogP contribution < -0.4 is 16.0 Å². The van der Waals surface area contributed by atoms with Gasteiger partial charge in [0.15, 0.2) is 0 Å². The third-order valence-electron chi connectivity index (χ3n) is 9.40. The fraction of sp³-hybridized carbons (Fsp3) is 0.618. The van der Waals surface area contributed by atoms with Crippen LogP contribution in [0.5, 0.6) is 0 Å². The zero-order valence-corrected chi connectivity index (χ0v) is 27.9. The normalized spacial score (nSPS) is 18.4. The molecule has 4 amide bonds. The number of anilines is 1. The average Bonchev–Trinajstić information content (AvgIpc) is 3.37. The smallest absolute Gasteiger partial charge is 0.270 e. The Bertz CT molecular complexity index is 1380. The molecule has 2 atom stereocenters. The van der Waals surface area contributed by atoms with Crippen LogP contribution in [0.1, 0.15) is 94.7 Å². The molecule has 1 aliphatic heterocycles. The lowest BCUT2D eigenvalue weighted by Crippen LogP contribution is -2.59. The molecule has 2 aromatic rings. The first-order chi connectivity index (χ1) is 21.9. The summed E-state index contributed by atoms with van der Waals surface area (Å²) in [4.78, 5) is 57.1. The van der Waals surface area contributed by atoms with Crippen molar-refractivity contribution in [3.8, 4) is 0 Å². The molecule has 252 valence electrons. The molecule has 1 saturated heterocycles. The molecule has 1 aliphatic carbocycles. The third-order valence-corrected chi connectivity index (χ3v) is 9.40. The number of nitrogens with zero attached hydrogens (tertiary/aromatic N) is 4. The summed E-state index contributed by atoms with van der Waals surface area (Å²) in [6, 6.07) is 5.18. The Morgan fingerprint density at radius 2 is 1.70 bits per heavy atom. The minimum atomic E-state index is -1.30. The second-order valence-electron chi connectivity index (χ2n) is 13.2. The van der Waals surface area contributed by atoms with Gasteiger partial charge in [-0.1, -0.05) is 38.7 Å². The molecule has 0 spiro atoms. The Hall–Kier alpha value is -3.80. The number of carbonyl (C=O) groups excluding carboxylic acids is 4. The molecule has 12 heteroatoms. The fourth-order valence-corrected chi connectivity index (χ4v) is 6.42. The molecule has 1 aromatic heterocycles. The highest BCUT2D eigenvalue weighted by molar-refractivity contribution is 6.03. The van der Waals surface area contributed by atoms with Crippen molar-refractivity contribution in [1.29, 1.82) is 0 Å². The highest BCUT2D eigenvalue weighted by atomic mass is 19.1. The fourth-order valence-electron chi connectivity index (χ4n) is 6.42. The lowest BCUT2D eigenvalue weighted by atomic mass is 9.79. The van der Waals surface area contributed by atoms with Gasteiger partial charge in [0.1, 0.15) is 23.1 Å². The zero-order chi connectivity index (χ0) is 33.4. The summed E-state index contributed by atoms with van der Waals surface area (Å²) in [7, 11) is 2.00. The van der Waals surface area contributed by atoms with Gasteiger partial charge < -0.3 is 25.8 Å². The minimum Gasteiger partial charge on any atom is -0.344 e. The minimum absolute atomic E-state index is 0.0189. The Kier molecular flexibility index (Phi) is 11.9. The number of hydrogen-bond acceptors (Lipinski definition) is 6. The number of piperazine rings is 1. The van der Waals surface area contributed by atoms with Gasteiger partial charge in [-0.2, -0.15) is 5.10 Å². The van der Waals surface area contributed by atoms with E-state index in [9.17, 15) is 19.2 Å².